The van der Waals surface area contributed by atoms with Crippen molar-refractivity contribution < 1.29 is 0 Å². The molecular formula is C14H30N2. The topological polar surface area (TPSA) is 29.3 Å². The van der Waals surface area contributed by atoms with E-state index in [1.165, 1.54) is 44.9 Å². The van der Waals surface area contributed by atoms with Crippen LogP contribution in [-0.2, 0) is 0 Å². The maximum absolute atomic E-state index is 5.94. The Kier molecular flexibility index (Phi) is 6.37. The molecule has 0 aliphatic carbocycles. The van der Waals surface area contributed by atoms with E-state index >= 15 is 0 Å². The Morgan fingerprint density at radius 3 is 2.31 bits per heavy atom. The van der Waals surface area contributed by atoms with Gasteiger partial charge in [-0.1, -0.05) is 33.1 Å². The standard InChI is InChI=1S/C14H30N2/c1-4-7-13(8-5-2)16-12(3)9-6-10-14(16)11-15/h12-14H,4-11,15H2,1-3H3. The van der Waals surface area contributed by atoms with Gasteiger partial charge in [-0.2, -0.15) is 0 Å². The molecule has 0 aromatic carbocycles. The molecule has 0 saturated carbocycles. The first-order valence-electron chi connectivity index (χ1n) is 7.22. The number of rotatable bonds is 6. The van der Waals surface area contributed by atoms with E-state index in [0.717, 1.165) is 18.6 Å². The van der Waals surface area contributed by atoms with Crippen LogP contribution in [0.1, 0.15) is 65.7 Å². The molecule has 0 amide bonds. The summed E-state index contributed by atoms with van der Waals surface area (Å²) < 4.78 is 0. The van der Waals surface area contributed by atoms with Gasteiger partial charge in [-0.3, -0.25) is 4.90 Å². The van der Waals surface area contributed by atoms with Crippen LogP contribution in [0.5, 0.6) is 0 Å². The van der Waals surface area contributed by atoms with Gasteiger partial charge in [0.1, 0.15) is 0 Å². The van der Waals surface area contributed by atoms with Crippen molar-refractivity contribution >= 4 is 0 Å². The molecule has 0 bridgehead atoms. The highest BCUT2D eigenvalue weighted by Gasteiger charge is 2.31. The summed E-state index contributed by atoms with van der Waals surface area (Å²) in [6.45, 7) is 7.83. The van der Waals surface area contributed by atoms with Crippen molar-refractivity contribution in [2.75, 3.05) is 6.54 Å². The number of likely N-dealkylation sites (tertiary alicyclic amines) is 1. The highest BCUT2D eigenvalue weighted by atomic mass is 15.2. The summed E-state index contributed by atoms with van der Waals surface area (Å²) >= 11 is 0. The fourth-order valence-electron chi connectivity index (χ4n) is 3.31. The van der Waals surface area contributed by atoms with E-state index in [9.17, 15) is 0 Å². The van der Waals surface area contributed by atoms with Crippen molar-refractivity contribution in [3.8, 4) is 0 Å². The SMILES string of the molecule is CCCC(CCC)N1C(C)CCCC1CN. The van der Waals surface area contributed by atoms with Crippen LogP contribution in [0.4, 0.5) is 0 Å². The van der Waals surface area contributed by atoms with Crippen molar-refractivity contribution in [2.24, 2.45) is 5.73 Å². The van der Waals surface area contributed by atoms with Gasteiger partial charge in [0.25, 0.3) is 0 Å². The monoisotopic (exact) mass is 226 g/mol. The summed E-state index contributed by atoms with van der Waals surface area (Å²) in [5.41, 5.74) is 5.94. The lowest BCUT2D eigenvalue weighted by Gasteiger charge is -2.45. The van der Waals surface area contributed by atoms with Crippen LogP contribution >= 0.6 is 0 Å². The van der Waals surface area contributed by atoms with Gasteiger partial charge in [0, 0.05) is 24.7 Å². The average Bonchev–Trinajstić information content (AvgIpc) is 2.28. The van der Waals surface area contributed by atoms with E-state index in [2.05, 4.69) is 25.7 Å². The van der Waals surface area contributed by atoms with Crippen LogP contribution in [0, 0.1) is 0 Å². The van der Waals surface area contributed by atoms with Gasteiger partial charge in [-0.25, -0.2) is 0 Å². The lowest BCUT2D eigenvalue weighted by molar-refractivity contribution is 0.0412. The minimum Gasteiger partial charge on any atom is -0.329 e. The minimum absolute atomic E-state index is 0.645. The molecule has 2 atom stereocenters. The molecule has 1 rings (SSSR count). The van der Waals surface area contributed by atoms with Crippen molar-refractivity contribution in [3.05, 3.63) is 0 Å². The molecule has 0 aromatic heterocycles. The van der Waals surface area contributed by atoms with Gasteiger partial charge in [-0.05, 0) is 32.6 Å². The van der Waals surface area contributed by atoms with Gasteiger partial charge >= 0.3 is 0 Å². The Bertz CT molecular complexity index is 176. The van der Waals surface area contributed by atoms with Crippen LogP contribution in [0.25, 0.3) is 0 Å². The average molecular weight is 226 g/mol. The first kappa shape index (κ1) is 14.0. The van der Waals surface area contributed by atoms with Crippen molar-refractivity contribution in [3.63, 3.8) is 0 Å². The first-order chi connectivity index (χ1) is 7.74. The Hall–Kier alpha value is -0.0800. The second kappa shape index (κ2) is 7.29. The molecule has 1 aliphatic rings. The van der Waals surface area contributed by atoms with E-state index in [4.69, 9.17) is 5.73 Å². The third kappa shape index (κ3) is 3.46. The van der Waals surface area contributed by atoms with Crippen molar-refractivity contribution in [1.82, 2.24) is 4.90 Å². The molecule has 2 unspecified atom stereocenters. The highest BCUT2D eigenvalue weighted by Crippen LogP contribution is 2.28. The minimum atomic E-state index is 0.645. The second-order valence-corrected chi connectivity index (χ2v) is 5.35. The zero-order chi connectivity index (χ0) is 12.0. The first-order valence-corrected chi connectivity index (χ1v) is 7.22. The Labute approximate surface area is 102 Å². The lowest BCUT2D eigenvalue weighted by Crippen LogP contribution is -2.53. The quantitative estimate of drug-likeness (QED) is 0.754. The van der Waals surface area contributed by atoms with Crippen LogP contribution < -0.4 is 5.73 Å². The summed E-state index contributed by atoms with van der Waals surface area (Å²) in [5.74, 6) is 0. The number of piperidine rings is 1. The Balaban J connectivity index is 2.67. The molecule has 2 N–H and O–H groups in total. The van der Waals surface area contributed by atoms with Crippen molar-refractivity contribution in [2.45, 2.75) is 83.8 Å². The Morgan fingerprint density at radius 1 is 1.19 bits per heavy atom. The van der Waals surface area contributed by atoms with Gasteiger partial charge < -0.3 is 5.73 Å². The van der Waals surface area contributed by atoms with Gasteiger partial charge in [0.15, 0.2) is 0 Å². The summed E-state index contributed by atoms with van der Waals surface area (Å²) in [4.78, 5) is 2.75. The lowest BCUT2D eigenvalue weighted by atomic mass is 9.91. The number of hydrogen-bond donors (Lipinski definition) is 1. The third-order valence-corrected chi connectivity index (χ3v) is 4.03. The van der Waals surface area contributed by atoms with Gasteiger partial charge in [0.05, 0.1) is 0 Å². The number of hydrogen-bond acceptors (Lipinski definition) is 2. The predicted molar refractivity (Wildman–Crippen MR) is 71.6 cm³/mol. The summed E-state index contributed by atoms with van der Waals surface area (Å²) in [7, 11) is 0. The normalized spacial score (nSPS) is 27.6. The van der Waals surface area contributed by atoms with Gasteiger partial charge in [0.2, 0.25) is 0 Å². The molecule has 1 heterocycles. The molecule has 0 aromatic rings. The molecule has 16 heavy (non-hydrogen) atoms. The fourth-order valence-corrected chi connectivity index (χ4v) is 3.31. The van der Waals surface area contributed by atoms with Crippen molar-refractivity contribution in [1.29, 1.82) is 0 Å². The summed E-state index contributed by atoms with van der Waals surface area (Å²) in [6.07, 6.45) is 9.31. The highest BCUT2D eigenvalue weighted by molar-refractivity contribution is 4.87. The van der Waals surface area contributed by atoms with E-state index in [1.807, 2.05) is 0 Å². The molecule has 1 aliphatic heterocycles. The van der Waals surface area contributed by atoms with Crippen LogP contribution in [0.3, 0.4) is 0 Å². The number of nitrogens with two attached hydrogens (primary N) is 1. The van der Waals surface area contributed by atoms with Crippen LogP contribution in [0.2, 0.25) is 0 Å². The second-order valence-electron chi connectivity index (χ2n) is 5.35. The Morgan fingerprint density at radius 2 is 1.81 bits per heavy atom. The predicted octanol–water partition coefficient (Wildman–Crippen LogP) is 3.16. The zero-order valence-electron chi connectivity index (χ0n) is 11.4. The van der Waals surface area contributed by atoms with E-state index in [0.29, 0.717) is 6.04 Å². The molecule has 0 spiro atoms. The summed E-state index contributed by atoms with van der Waals surface area (Å²) in [5, 5.41) is 0. The zero-order valence-corrected chi connectivity index (χ0v) is 11.4. The molecular weight excluding hydrogens is 196 g/mol. The molecule has 2 nitrogen and oxygen atoms in total. The molecule has 2 heteroatoms. The van der Waals surface area contributed by atoms with E-state index in [1.54, 1.807) is 0 Å². The maximum atomic E-state index is 5.94. The maximum Gasteiger partial charge on any atom is 0.0224 e. The smallest absolute Gasteiger partial charge is 0.0224 e. The summed E-state index contributed by atoms with van der Waals surface area (Å²) in [6, 6.07) is 2.16. The van der Waals surface area contributed by atoms with Crippen LogP contribution in [0.15, 0.2) is 0 Å². The molecule has 0 radical (unpaired) electrons. The van der Waals surface area contributed by atoms with Gasteiger partial charge in [-0.15, -0.1) is 0 Å². The van der Waals surface area contributed by atoms with Crippen LogP contribution in [-0.4, -0.2) is 29.6 Å². The largest absolute Gasteiger partial charge is 0.329 e. The molecule has 1 saturated heterocycles. The number of nitrogens with zero attached hydrogens (tertiary/aromatic N) is 1. The molecule has 1 fully saturated rings. The molecule has 96 valence electrons. The third-order valence-electron chi connectivity index (χ3n) is 4.03. The van der Waals surface area contributed by atoms with E-state index in [-0.39, 0.29) is 0 Å². The fraction of sp³-hybridized carbons (Fsp3) is 1.00. The van der Waals surface area contributed by atoms with E-state index < -0.39 is 0 Å².